The number of nitrogens with zero attached hydrogens (tertiary/aromatic N) is 1. The van der Waals surface area contributed by atoms with E-state index in [1.165, 1.54) is 0 Å². The first-order valence-electron chi connectivity index (χ1n) is 9.87. The van der Waals surface area contributed by atoms with E-state index in [0.717, 1.165) is 22.4 Å². The van der Waals surface area contributed by atoms with Gasteiger partial charge in [-0.1, -0.05) is 48.0 Å². The SMILES string of the molecule is COc1ccc([C@]2(C(=O)Nc3ccccc3C)CC(=O)N2c2ccc(C)cc2)cc1. The van der Waals surface area contributed by atoms with Crippen molar-refractivity contribution in [3.05, 3.63) is 89.5 Å². The van der Waals surface area contributed by atoms with Crippen LogP contribution >= 0.6 is 0 Å². The summed E-state index contributed by atoms with van der Waals surface area (Å²) in [6, 6.07) is 22.6. The predicted octanol–water partition coefficient (Wildman–Crippen LogP) is 4.58. The minimum Gasteiger partial charge on any atom is -0.497 e. The molecule has 1 aliphatic rings. The highest BCUT2D eigenvalue weighted by atomic mass is 16.5. The summed E-state index contributed by atoms with van der Waals surface area (Å²) < 4.78 is 5.27. The molecular formula is C25H24N2O3. The molecule has 30 heavy (non-hydrogen) atoms. The van der Waals surface area contributed by atoms with E-state index in [1.54, 1.807) is 12.0 Å². The van der Waals surface area contributed by atoms with Crippen molar-refractivity contribution in [3.8, 4) is 5.75 Å². The second-order valence-electron chi connectivity index (χ2n) is 7.60. The van der Waals surface area contributed by atoms with Crippen LogP contribution in [0.3, 0.4) is 0 Å². The van der Waals surface area contributed by atoms with Gasteiger partial charge >= 0.3 is 0 Å². The van der Waals surface area contributed by atoms with Gasteiger partial charge in [-0.25, -0.2) is 0 Å². The number of benzene rings is 3. The molecule has 0 aromatic heterocycles. The molecular weight excluding hydrogens is 376 g/mol. The van der Waals surface area contributed by atoms with Gasteiger partial charge in [0.2, 0.25) is 5.91 Å². The lowest BCUT2D eigenvalue weighted by atomic mass is 9.76. The Kier molecular flexibility index (Phi) is 5.04. The number of rotatable bonds is 5. The van der Waals surface area contributed by atoms with Crippen LogP contribution in [0.2, 0.25) is 0 Å². The molecule has 0 aliphatic carbocycles. The fourth-order valence-corrected chi connectivity index (χ4v) is 3.91. The van der Waals surface area contributed by atoms with Crippen LogP contribution in [0.1, 0.15) is 23.1 Å². The van der Waals surface area contributed by atoms with Gasteiger partial charge < -0.3 is 10.1 Å². The smallest absolute Gasteiger partial charge is 0.255 e. The summed E-state index contributed by atoms with van der Waals surface area (Å²) in [6.07, 6.45) is 0.102. The van der Waals surface area contributed by atoms with Crippen LogP contribution in [0.5, 0.6) is 5.75 Å². The summed E-state index contributed by atoms with van der Waals surface area (Å²) in [5.41, 5.74) is 3.11. The third kappa shape index (κ3) is 3.22. The summed E-state index contributed by atoms with van der Waals surface area (Å²) in [6.45, 7) is 3.93. The lowest BCUT2D eigenvalue weighted by molar-refractivity contribution is -0.137. The maximum atomic E-state index is 13.7. The van der Waals surface area contributed by atoms with Gasteiger partial charge in [-0.3, -0.25) is 14.5 Å². The van der Waals surface area contributed by atoms with Crippen molar-refractivity contribution >= 4 is 23.2 Å². The standard InChI is InChI=1S/C25H24N2O3/c1-17-8-12-20(13-9-17)27-23(28)16-25(27,19-10-14-21(30-3)15-11-19)24(29)26-22-7-5-4-6-18(22)2/h4-15H,16H2,1-3H3,(H,26,29)/t25-/m0/s1. The Morgan fingerprint density at radius 2 is 1.63 bits per heavy atom. The highest BCUT2D eigenvalue weighted by molar-refractivity contribution is 6.17. The number of amides is 2. The number of methoxy groups -OCH3 is 1. The van der Waals surface area contributed by atoms with Crippen LogP contribution in [0.25, 0.3) is 0 Å². The van der Waals surface area contributed by atoms with Crippen LogP contribution in [-0.4, -0.2) is 18.9 Å². The molecule has 2 amide bonds. The van der Waals surface area contributed by atoms with E-state index in [-0.39, 0.29) is 18.2 Å². The van der Waals surface area contributed by atoms with Crippen molar-refractivity contribution in [2.24, 2.45) is 0 Å². The van der Waals surface area contributed by atoms with E-state index in [1.807, 2.05) is 86.6 Å². The Bertz CT molecular complexity index is 1090. The van der Waals surface area contributed by atoms with Crippen molar-refractivity contribution in [1.82, 2.24) is 0 Å². The van der Waals surface area contributed by atoms with E-state index < -0.39 is 5.54 Å². The Morgan fingerprint density at radius 3 is 2.23 bits per heavy atom. The number of aryl methyl sites for hydroxylation is 2. The van der Waals surface area contributed by atoms with E-state index in [0.29, 0.717) is 11.4 Å². The lowest BCUT2D eigenvalue weighted by Crippen LogP contribution is -2.67. The average molecular weight is 400 g/mol. The molecule has 0 spiro atoms. The molecule has 4 rings (SSSR count). The van der Waals surface area contributed by atoms with Crippen LogP contribution in [0.4, 0.5) is 11.4 Å². The number of para-hydroxylation sites is 1. The molecule has 1 atom stereocenters. The van der Waals surface area contributed by atoms with Gasteiger partial charge in [-0.2, -0.15) is 0 Å². The first-order chi connectivity index (χ1) is 14.5. The molecule has 152 valence electrons. The zero-order valence-electron chi connectivity index (χ0n) is 17.3. The summed E-state index contributed by atoms with van der Waals surface area (Å²) in [5.74, 6) is 0.373. The maximum absolute atomic E-state index is 13.7. The van der Waals surface area contributed by atoms with E-state index in [9.17, 15) is 9.59 Å². The van der Waals surface area contributed by atoms with E-state index in [2.05, 4.69) is 5.32 Å². The first-order valence-corrected chi connectivity index (χ1v) is 9.87. The van der Waals surface area contributed by atoms with Crippen molar-refractivity contribution in [2.75, 3.05) is 17.3 Å². The van der Waals surface area contributed by atoms with Gasteiger partial charge in [0.1, 0.15) is 5.75 Å². The zero-order chi connectivity index (χ0) is 21.3. The molecule has 1 N–H and O–H groups in total. The average Bonchev–Trinajstić information content (AvgIpc) is 2.75. The summed E-state index contributed by atoms with van der Waals surface area (Å²) >= 11 is 0. The maximum Gasteiger partial charge on any atom is 0.255 e. The number of anilines is 2. The predicted molar refractivity (Wildman–Crippen MR) is 118 cm³/mol. The monoisotopic (exact) mass is 400 g/mol. The number of carbonyl (C=O) groups is 2. The second kappa shape index (κ2) is 7.67. The Balaban J connectivity index is 1.80. The van der Waals surface area contributed by atoms with E-state index in [4.69, 9.17) is 4.74 Å². The Morgan fingerprint density at radius 1 is 0.967 bits per heavy atom. The second-order valence-corrected chi connectivity index (χ2v) is 7.60. The molecule has 1 saturated heterocycles. The van der Waals surface area contributed by atoms with Crippen LogP contribution in [0, 0.1) is 13.8 Å². The van der Waals surface area contributed by atoms with E-state index >= 15 is 0 Å². The summed E-state index contributed by atoms with van der Waals surface area (Å²) in [7, 11) is 1.60. The van der Waals surface area contributed by atoms with Crippen LogP contribution in [-0.2, 0) is 15.1 Å². The van der Waals surface area contributed by atoms with Gasteiger partial charge in [0, 0.05) is 11.4 Å². The molecule has 1 heterocycles. The minimum atomic E-state index is -1.12. The quantitative estimate of drug-likeness (QED) is 0.638. The number of ether oxygens (including phenoxy) is 1. The van der Waals surface area contributed by atoms with Gasteiger partial charge in [0.05, 0.1) is 13.5 Å². The first kappa shape index (κ1) is 19.7. The molecule has 0 bridgehead atoms. The van der Waals surface area contributed by atoms with Crippen molar-refractivity contribution in [1.29, 1.82) is 0 Å². The van der Waals surface area contributed by atoms with Crippen LogP contribution < -0.4 is 15.0 Å². The molecule has 0 unspecified atom stereocenters. The third-order valence-corrected chi connectivity index (χ3v) is 5.67. The summed E-state index contributed by atoms with van der Waals surface area (Å²) in [5, 5.41) is 3.05. The number of carbonyl (C=O) groups excluding carboxylic acids is 2. The Labute approximate surface area is 176 Å². The highest BCUT2D eigenvalue weighted by Gasteiger charge is 2.58. The zero-order valence-corrected chi connectivity index (χ0v) is 17.3. The van der Waals surface area contributed by atoms with Gasteiger partial charge in [0.15, 0.2) is 5.54 Å². The normalized spacial score (nSPS) is 18.0. The molecule has 0 saturated carbocycles. The minimum absolute atomic E-state index is 0.0883. The number of β-lactam (4-membered cyclic amide) rings is 1. The van der Waals surface area contributed by atoms with Crippen LogP contribution in [0.15, 0.2) is 72.8 Å². The fraction of sp³-hybridized carbons (Fsp3) is 0.200. The van der Waals surface area contributed by atoms with Gasteiger partial charge in [0.25, 0.3) is 5.91 Å². The molecule has 1 fully saturated rings. The number of nitrogens with one attached hydrogen (secondary N) is 1. The number of hydrogen-bond donors (Lipinski definition) is 1. The largest absolute Gasteiger partial charge is 0.497 e. The Hall–Kier alpha value is -3.60. The fourth-order valence-electron chi connectivity index (χ4n) is 3.91. The highest BCUT2D eigenvalue weighted by Crippen LogP contribution is 2.46. The topological polar surface area (TPSA) is 58.6 Å². The van der Waals surface area contributed by atoms with Crippen molar-refractivity contribution in [2.45, 2.75) is 25.8 Å². The van der Waals surface area contributed by atoms with Gasteiger partial charge in [-0.05, 0) is 55.3 Å². The molecule has 3 aromatic carbocycles. The summed E-state index contributed by atoms with van der Waals surface area (Å²) in [4.78, 5) is 28.1. The number of hydrogen-bond acceptors (Lipinski definition) is 3. The molecule has 5 heteroatoms. The molecule has 3 aromatic rings. The third-order valence-electron chi connectivity index (χ3n) is 5.67. The van der Waals surface area contributed by atoms with Gasteiger partial charge in [-0.15, -0.1) is 0 Å². The van der Waals surface area contributed by atoms with Crippen molar-refractivity contribution in [3.63, 3.8) is 0 Å². The lowest BCUT2D eigenvalue weighted by Gasteiger charge is -2.50. The molecule has 1 aliphatic heterocycles. The molecule has 0 radical (unpaired) electrons. The van der Waals surface area contributed by atoms with Crippen molar-refractivity contribution < 1.29 is 14.3 Å². The molecule has 5 nitrogen and oxygen atoms in total.